The summed E-state index contributed by atoms with van der Waals surface area (Å²) in [5, 5.41) is 5.66. The van der Waals surface area contributed by atoms with Crippen LogP contribution in [0.15, 0.2) is 19.9 Å². The van der Waals surface area contributed by atoms with Gasteiger partial charge < -0.3 is 10.1 Å². The summed E-state index contributed by atoms with van der Waals surface area (Å²) in [7, 11) is 3.22. The second-order valence-electron chi connectivity index (χ2n) is 3.71. The SMILES string of the molecule is CCOc1nc(NC)nc(Sc2nc(=O)c(=O)[nH]n2C)n1. The van der Waals surface area contributed by atoms with Crippen LogP contribution in [0.25, 0.3) is 0 Å². The zero-order valence-corrected chi connectivity index (χ0v) is 12.4. The smallest absolute Gasteiger partial charge is 0.339 e. The van der Waals surface area contributed by atoms with E-state index in [1.165, 1.54) is 4.68 Å². The molecule has 0 unspecified atom stereocenters. The van der Waals surface area contributed by atoms with Crippen LogP contribution in [0.5, 0.6) is 6.01 Å². The highest BCUT2D eigenvalue weighted by molar-refractivity contribution is 7.99. The molecular formula is C10H13N7O3S. The Hall–Kier alpha value is -2.43. The second kappa shape index (κ2) is 6.35. The molecule has 0 fully saturated rings. The Balaban J connectivity index is 2.39. The molecule has 0 atom stereocenters. The van der Waals surface area contributed by atoms with Crippen LogP contribution >= 0.6 is 11.8 Å². The largest absolute Gasteiger partial charge is 0.464 e. The topological polar surface area (TPSA) is 128 Å². The average molecular weight is 311 g/mol. The molecule has 0 saturated heterocycles. The van der Waals surface area contributed by atoms with Crippen molar-refractivity contribution in [3.05, 3.63) is 20.7 Å². The van der Waals surface area contributed by atoms with Gasteiger partial charge in [0.2, 0.25) is 11.1 Å². The first kappa shape index (κ1) is 15.0. The lowest BCUT2D eigenvalue weighted by molar-refractivity contribution is 0.308. The molecule has 2 heterocycles. The molecule has 0 bridgehead atoms. The standard InChI is InChI=1S/C10H13N7O3S/c1-4-20-8-13-7(11-2)14-9(15-8)21-10-12-5(18)6(19)16-17(10)3/h4H2,1-3H3,(H,16,19)(H,11,13,14,15). The van der Waals surface area contributed by atoms with E-state index in [0.717, 1.165) is 11.8 Å². The van der Waals surface area contributed by atoms with Crippen LogP contribution in [0.4, 0.5) is 5.95 Å². The molecule has 0 spiro atoms. The molecule has 2 rings (SSSR count). The second-order valence-corrected chi connectivity index (χ2v) is 4.64. The van der Waals surface area contributed by atoms with Crippen molar-refractivity contribution in [2.75, 3.05) is 19.0 Å². The van der Waals surface area contributed by atoms with Gasteiger partial charge in [-0.2, -0.15) is 19.9 Å². The van der Waals surface area contributed by atoms with Gasteiger partial charge in [0.1, 0.15) is 0 Å². The van der Waals surface area contributed by atoms with E-state index < -0.39 is 11.1 Å². The van der Waals surface area contributed by atoms with Gasteiger partial charge in [-0.3, -0.25) is 19.4 Å². The van der Waals surface area contributed by atoms with Gasteiger partial charge in [0.15, 0.2) is 5.16 Å². The van der Waals surface area contributed by atoms with Crippen molar-refractivity contribution in [3.8, 4) is 6.01 Å². The number of nitrogens with one attached hydrogen (secondary N) is 2. The first-order valence-corrected chi connectivity index (χ1v) is 6.77. The number of aryl methyl sites for hydroxylation is 1. The van der Waals surface area contributed by atoms with Gasteiger partial charge in [0, 0.05) is 14.1 Å². The van der Waals surface area contributed by atoms with Crippen LogP contribution in [0.3, 0.4) is 0 Å². The predicted molar refractivity (Wildman–Crippen MR) is 74.8 cm³/mol. The molecule has 21 heavy (non-hydrogen) atoms. The third kappa shape index (κ3) is 3.56. The molecule has 2 aromatic rings. The normalized spacial score (nSPS) is 10.4. The number of hydrogen-bond acceptors (Lipinski definition) is 9. The third-order valence-electron chi connectivity index (χ3n) is 2.22. The lowest BCUT2D eigenvalue weighted by Crippen LogP contribution is -2.33. The minimum absolute atomic E-state index is 0.161. The minimum Gasteiger partial charge on any atom is -0.464 e. The van der Waals surface area contributed by atoms with Gasteiger partial charge >= 0.3 is 17.1 Å². The minimum atomic E-state index is -0.872. The summed E-state index contributed by atoms with van der Waals surface area (Å²) in [4.78, 5) is 38.4. The number of hydrogen-bond donors (Lipinski definition) is 2. The summed E-state index contributed by atoms with van der Waals surface area (Å²) in [5.74, 6) is 0.324. The van der Waals surface area contributed by atoms with Crippen molar-refractivity contribution >= 4 is 17.7 Å². The molecule has 10 nitrogen and oxygen atoms in total. The van der Waals surface area contributed by atoms with E-state index in [-0.39, 0.29) is 16.3 Å². The molecule has 11 heteroatoms. The highest BCUT2D eigenvalue weighted by Crippen LogP contribution is 2.22. The van der Waals surface area contributed by atoms with Gasteiger partial charge in [-0.1, -0.05) is 0 Å². The van der Waals surface area contributed by atoms with E-state index in [2.05, 4.69) is 30.4 Å². The van der Waals surface area contributed by atoms with E-state index in [0.29, 0.717) is 12.6 Å². The van der Waals surface area contributed by atoms with Gasteiger partial charge in [0.25, 0.3) is 0 Å². The maximum Gasteiger partial charge on any atom is 0.339 e. The number of anilines is 1. The molecule has 0 aliphatic rings. The molecule has 0 aromatic carbocycles. The van der Waals surface area contributed by atoms with E-state index in [1.807, 2.05) is 6.92 Å². The van der Waals surface area contributed by atoms with Crippen molar-refractivity contribution in [3.63, 3.8) is 0 Å². The maximum absolute atomic E-state index is 11.3. The fourth-order valence-electron chi connectivity index (χ4n) is 1.32. The van der Waals surface area contributed by atoms with Crippen LogP contribution in [-0.4, -0.2) is 43.4 Å². The zero-order valence-electron chi connectivity index (χ0n) is 11.6. The summed E-state index contributed by atoms with van der Waals surface area (Å²) < 4.78 is 6.55. The Kier molecular flexibility index (Phi) is 4.52. The molecule has 0 aliphatic carbocycles. The highest BCUT2D eigenvalue weighted by Gasteiger charge is 2.12. The van der Waals surface area contributed by atoms with Gasteiger partial charge in [-0.25, -0.2) is 0 Å². The Morgan fingerprint density at radius 3 is 2.71 bits per heavy atom. The number of aromatic amines is 1. The zero-order chi connectivity index (χ0) is 15.4. The van der Waals surface area contributed by atoms with Crippen LogP contribution in [0.2, 0.25) is 0 Å². The highest BCUT2D eigenvalue weighted by atomic mass is 32.2. The summed E-state index contributed by atoms with van der Waals surface area (Å²) in [5.41, 5.74) is -1.66. The Labute approximate surface area is 123 Å². The van der Waals surface area contributed by atoms with Crippen LogP contribution in [0.1, 0.15) is 6.92 Å². The summed E-state index contributed by atoms with van der Waals surface area (Å²) in [6.07, 6.45) is 0. The van der Waals surface area contributed by atoms with Gasteiger partial charge in [-0.15, -0.1) is 0 Å². The van der Waals surface area contributed by atoms with Gasteiger partial charge in [0.05, 0.1) is 6.61 Å². The lowest BCUT2D eigenvalue weighted by atomic mass is 10.8. The van der Waals surface area contributed by atoms with Gasteiger partial charge in [-0.05, 0) is 18.7 Å². The Bertz CT molecular complexity index is 757. The van der Waals surface area contributed by atoms with Crippen LogP contribution in [0, 0.1) is 0 Å². The van der Waals surface area contributed by atoms with E-state index in [4.69, 9.17) is 4.74 Å². The Morgan fingerprint density at radius 2 is 2.05 bits per heavy atom. The fourth-order valence-corrected chi connectivity index (χ4v) is 2.05. The quantitative estimate of drug-likeness (QED) is 0.685. The molecule has 0 saturated carbocycles. The molecule has 112 valence electrons. The Morgan fingerprint density at radius 1 is 1.29 bits per heavy atom. The van der Waals surface area contributed by atoms with Crippen molar-refractivity contribution in [1.82, 2.24) is 29.7 Å². The molecule has 2 N–H and O–H groups in total. The van der Waals surface area contributed by atoms with E-state index in [1.54, 1.807) is 14.1 Å². The molecule has 0 radical (unpaired) electrons. The number of nitrogens with zero attached hydrogens (tertiary/aromatic N) is 5. The average Bonchev–Trinajstić information content (AvgIpc) is 2.45. The number of H-pyrrole nitrogens is 1. The number of rotatable bonds is 5. The summed E-state index contributed by atoms with van der Waals surface area (Å²) >= 11 is 1.01. The monoisotopic (exact) mass is 311 g/mol. The first-order valence-electron chi connectivity index (χ1n) is 5.95. The maximum atomic E-state index is 11.3. The van der Waals surface area contributed by atoms with Crippen molar-refractivity contribution in [1.29, 1.82) is 0 Å². The first-order chi connectivity index (χ1) is 10.0. The lowest BCUT2D eigenvalue weighted by Gasteiger charge is -2.07. The third-order valence-corrected chi connectivity index (χ3v) is 3.13. The van der Waals surface area contributed by atoms with Crippen molar-refractivity contribution in [2.24, 2.45) is 7.05 Å². The van der Waals surface area contributed by atoms with E-state index in [9.17, 15) is 9.59 Å². The van der Waals surface area contributed by atoms with Crippen LogP contribution < -0.4 is 21.2 Å². The number of ether oxygens (including phenoxy) is 1. The number of aromatic nitrogens is 6. The van der Waals surface area contributed by atoms with Crippen LogP contribution in [-0.2, 0) is 7.05 Å². The fraction of sp³-hybridized carbons (Fsp3) is 0.400. The van der Waals surface area contributed by atoms with E-state index >= 15 is 0 Å². The molecule has 0 amide bonds. The summed E-state index contributed by atoms with van der Waals surface area (Å²) in [6, 6.07) is 0.161. The predicted octanol–water partition coefficient (Wildman–Crippen LogP) is -0.755. The molecular weight excluding hydrogens is 298 g/mol. The molecule has 2 aromatic heterocycles. The molecule has 0 aliphatic heterocycles. The van der Waals surface area contributed by atoms with Crippen molar-refractivity contribution < 1.29 is 4.74 Å². The summed E-state index contributed by atoms with van der Waals surface area (Å²) in [6.45, 7) is 2.22. The van der Waals surface area contributed by atoms with Crippen molar-refractivity contribution in [2.45, 2.75) is 17.2 Å².